The van der Waals surface area contributed by atoms with Crippen LogP contribution in [0, 0.1) is 6.92 Å². The first-order chi connectivity index (χ1) is 18.6. The standard InChI is InChI=1S/C25H24F3N7O4/c1-13-6-20(25(26,27)28)34-35(13)21-19(14-7-18(22(36)29-2)23(39-5)30-11-14)12-31-24(33-21)32-15-8-16(37-3)10-17(9-15)38-4/h6-12H,1-5H3,(H,29,36)(H,31,32,33). The number of aromatic nitrogens is 5. The van der Waals surface area contributed by atoms with E-state index in [-0.39, 0.29) is 34.5 Å². The molecular formula is C25H24F3N7O4. The highest BCUT2D eigenvalue weighted by Gasteiger charge is 2.35. The van der Waals surface area contributed by atoms with Crippen molar-refractivity contribution in [2.24, 2.45) is 0 Å². The smallest absolute Gasteiger partial charge is 0.435 e. The molecule has 11 nitrogen and oxygen atoms in total. The number of anilines is 2. The first-order valence-electron chi connectivity index (χ1n) is 11.4. The third kappa shape index (κ3) is 5.68. The van der Waals surface area contributed by atoms with Gasteiger partial charge in [-0.25, -0.2) is 14.6 Å². The molecule has 0 saturated heterocycles. The molecular weight excluding hydrogens is 519 g/mol. The van der Waals surface area contributed by atoms with E-state index in [2.05, 4.69) is 30.7 Å². The number of carbonyl (C=O) groups excluding carboxylic acids is 1. The van der Waals surface area contributed by atoms with Gasteiger partial charge in [0.2, 0.25) is 11.8 Å². The van der Waals surface area contributed by atoms with E-state index in [4.69, 9.17) is 14.2 Å². The Morgan fingerprint density at radius 3 is 2.21 bits per heavy atom. The van der Waals surface area contributed by atoms with Gasteiger partial charge in [0.05, 0.1) is 21.3 Å². The first kappa shape index (κ1) is 27.2. The van der Waals surface area contributed by atoms with Gasteiger partial charge < -0.3 is 24.8 Å². The quantitative estimate of drug-likeness (QED) is 0.337. The Kier molecular flexibility index (Phi) is 7.56. The van der Waals surface area contributed by atoms with E-state index in [1.165, 1.54) is 53.8 Å². The highest BCUT2D eigenvalue weighted by atomic mass is 19.4. The fraction of sp³-hybridized carbons (Fsp3) is 0.240. The van der Waals surface area contributed by atoms with E-state index in [0.717, 1.165) is 10.7 Å². The third-order valence-electron chi connectivity index (χ3n) is 5.58. The molecule has 0 aliphatic heterocycles. The van der Waals surface area contributed by atoms with Crippen LogP contribution in [0.2, 0.25) is 0 Å². The van der Waals surface area contributed by atoms with E-state index in [1.54, 1.807) is 18.2 Å². The topological polar surface area (TPSA) is 125 Å². The van der Waals surface area contributed by atoms with Crippen LogP contribution in [0.4, 0.5) is 24.8 Å². The fourth-order valence-electron chi connectivity index (χ4n) is 3.69. The summed E-state index contributed by atoms with van der Waals surface area (Å²) in [5, 5.41) is 9.27. The lowest BCUT2D eigenvalue weighted by Gasteiger charge is -2.15. The van der Waals surface area contributed by atoms with Crippen molar-refractivity contribution in [2.75, 3.05) is 33.7 Å². The van der Waals surface area contributed by atoms with Crippen LogP contribution in [0.3, 0.4) is 0 Å². The van der Waals surface area contributed by atoms with Crippen molar-refractivity contribution in [2.45, 2.75) is 13.1 Å². The number of aryl methyl sites for hydroxylation is 1. The molecule has 0 saturated carbocycles. The lowest BCUT2D eigenvalue weighted by Crippen LogP contribution is -2.19. The van der Waals surface area contributed by atoms with Gasteiger partial charge in [0.1, 0.15) is 17.1 Å². The van der Waals surface area contributed by atoms with Gasteiger partial charge in [0.25, 0.3) is 5.91 Å². The molecule has 0 unspecified atom stereocenters. The van der Waals surface area contributed by atoms with Gasteiger partial charge in [0, 0.05) is 60.1 Å². The number of pyridine rings is 1. The number of nitrogens with zero attached hydrogens (tertiary/aromatic N) is 5. The largest absolute Gasteiger partial charge is 0.497 e. The summed E-state index contributed by atoms with van der Waals surface area (Å²) in [4.78, 5) is 25.4. The first-order valence-corrected chi connectivity index (χ1v) is 11.4. The summed E-state index contributed by atoms with van der Waals surface area (Å²) in [5.74, 6) is 0.671. The molecule has 2 N–H and O–H groups in total. The average molecular weight is 544 g/mol. The number of hydrogen-bond donors (Lipinski definition) is 2. The Balaban J connectivity index is 1.89. The van der Waals surface area contributed by atoms with Crippen molar-refractivity contribution in [3.05, 3.63) is 59.7 Å². The van der Waals surface area contributed by atoms with Crippen LogP contribution in [-0.2, 0) is 6.18 Å². The van der Waals surface area contributed by atoms with Crippen LogP contribution in [0.1, 0.15) is 21.7 Å². The molecule has 39 heavy (non-hydrogen) atoms. The second-order valence-electron chi connectivity index (χ2n) is 8.10. The van der Waals surface area contributed by atoms with Crippen LogP contribution in [0.15, 0.2) is 42.7 Å². The number of alkyl halides is 3. The maximum Gasteiger partial charge on any atom is 0.435 e. The summed E-state index contributed by atoms with van der Waals surface area (Å²) < 4.78 is 57.2. The molecule has 4 aromatic rings. The van der Waals surface area contributed by atoms with Gasteiger partial charge >= 0.3 is 6.18 Å². The molecule has 1 amide bonds. The Morgan fingerprint density at radius 2 is 1.64 bits per heavy atom. The summed E-state index contributed by atoms with van der Waals surface area (Å²) in [6.07, 6.45) is -1.87. The summed E-state index contributed by atoms with van der Waals surface area (Å²) in [6, 6.07) is 7.41. The van der Waals surface area contributed by atoms with Crippen LogP contribution in [-0.4, -0.2) is 59.0 Å². The number of carbonyl (C=O) groups is 1. The number of ether oxygens (including phenoxy) is 3. The molecule has 4 rings (SSSR count). The fourth-order valence-corrected chi connectivity index (χ4v) is 3.69. The minimum atomic E-state index is -4.67. The lowest BCUT2D eigenvalue weighted by atomic mass is 10.1. The summed E-state index contributed by atoms with van der Waals surface area (Å²) in [6.45, 7) is 1.47. The minimum Gasteiger partial charge on any atom is -0.497 e. The second kappa shape index (κ2) is 10.8. The zero-order valence-electron chi connectivity index (χ0n) is 21.5. The number of hydrogen-bond acceptors (Lipinski definition) is 9. The Bertz CT molecular complexity index is 1500. The SMILES string of the molecule is CNC(=O)c1cc(-c2cnc(Nc3cc(OC)cc(OC)c3)nc2-n2nc(C(F)(F)F)cc2C)cnc1OC. The maximum absolute atomic E-state index is 13.5. The molecule has 3 heterocycles. The number of rotatable bonds is 8. The van der Waals surface area contributed by atoms with Gasteiger partial charge in [-0.2, -0.15) is 23.3 Å². The predicted octanol–water partition coefficient (Wildman–Crippen LogP) is 4.18. The van der Waals surface area contributed by atoms with Crippen molar-refractivity contribution in [1.29, 1.82) is 0 Å². The van der Waals surface area contributed by atoms with Crippen LogP contribution in [0.25, 0.3) is 16.9 Å². The molecule has 204 valence electrons. The third-order valence-corrected chi connectivity index (χ3v) is 5.58. The second-order valence-corrected chi connectivity index (χ2v) is 8.10. The van der Waals surface area contributed by atoms with Gasteiger partial charge in [-0.3, -0.25) is 4.79 Å². The maximum atomic E-state index is 13.5. The van der Waals surface area contributed by atoms with Crippen molar-refractivity contribution >= 4 is 17.5 Å². The number of benzene rings is 1. The Hall–Kier alpha value is -4.88. The summed E-state index contributed by atoms with van der Waals surface area (Å²) >= 11 is 0. The monoisotopic (exact) mass is 543 g/mol. The number of amides is 1. The number of halogens is 3. The zero-order chi connectivity index (χ0) is 28.3. The normalized spacial score (nSPS) is 11.2. The van der Waals surface area contributed by atoms with Gasteiger partial charge in [-0.05, 0) is 19.1 Å². The molecule has 1 aromatic carbocycles. The highest BCUT2D eigenvalue weighted by Crippen LogP contribution is 2.33. The Labute approximate surface area is 221 Å². The molecule has 0 bridgehead atoms. The zero-order valence-corrected chi connectivity index (χ0v) is 21.5. The van der Waals surface area contributed by atoms with E-state index < -0.39 is 17.8 Å². The van der Waals surface area contributed by atoms with Crippen molar-refractivity contribution in [1.82, 2.24) is 30.0 Å². The van der Waals surface area contributed by atoms with Crippen LogP contribution in [0.5, 0.6) is 17.4 Å². The van der Waals surface area contributed by atoms with Crippen molar-refractivity contribution < 1.29 is 32.2 Å². The predicted molar refractivity (Wildman–Crippen MR) is 135 cm³/mol. The molecule has 0 aliphatic rings. The van der Waals surface area contributed by atoms with Crippen LogP contribution < -0.4 is 24.8 Å². The molecule has 3 aromatic heterocycles. The van der Waals surface area contributed by atoms with Gasteiger partial charge in [-0.1, -0.05) is 0 Å². The van der Waals surface area contributed by atoms with E-state index in [9.17, 15) is 18.0 Å². The van der Waals surface area contributed by atoms with Gasteiger partial charge in [0.15, 0.2) is 11.5 Å². The van der Waals surface area contributed by atoms with E-state index in [0.29, 0.717) is 22.7 Å². The van der Waals surface area contributed by atoms with Crippen molar-refractivity contribution in [3.8, 4) is 34.3 Å². The summed E-state index contributed by atoms with van der Waals surface area (Å²) in [5.41, 5.74) is 0.319. The molecule has 0 radical (unpaired) electrons. The summed E-state index contributed by atoms with van der Waals surface area (Å²) in [7, 11) is 5.80. The molecule has 14 heteroatoms. The lowest BCUT2D eigenvalue weighted by molar-refractivity contribution is -0.141. The Morgan fingerprint density at radius 1 is 0.949 bits per heavy atom. The van der Waals surface area contributed by atoms with E-state index >= 15 is 0 Å². The molecule has 0 aliphatic carbocycles. The minimum absolute atomic E-state index is 0.0187. The van der Waals surface area contributed by atoms with Gasteiger partial charge in [-0.15, -0.1) is 0 Å². The number of methoxy groups -OCH3 is 3. The highest BCUT2D eigenvalue weighted by molar-refractivity contribution is 5.97. The van der Waals surface area contributed by atoms with Crippen LogP contribution >= 0.6 is 0 Å². The van der Waals surface area contributed by atoms with Crippen molar-refractivity contribution in [3.63, 3.8) is 0 Å². The molecule has 0 spiro atoms. The van der Waals surface area contributed by atoms with E-state index in [1.807, 2.05) is 0 Å². The number of nitrogens with one attached hydrogen (secondary N) is 2. The molecule has 0 fully saturated rings. The molecule has 0 atom stereocenters. The average Bonchev–Trinajstić information content (AvgIpc) is 3.34.